The molecule has 0 bridgehead atoms. The first-order valence-electron chi connectivity index (χ1n) is 8.47. The zero-order valence-corrected chi connectivity index (χ0v) is 15.2. The van der Waals surface area contributed by atoms with E-state index in [4.69, 9.17) is 0 Å². The zero-order chi connectivity index (χ0) is 16.2. The van der Waals surface area contributed by atoms with Crippen LogP contribution in [-0.2, 0) is 0 Å². The van der Waals surface area contributed by atoms with E-state index in [0.29, 0.717) is 18.0 Å². The van der Waals surface area contributed by atoms with Crippen LogP contribution in [0.4, 0.5) is 0 Å². The summed E-state index contributed by atoms with van der Waals surface area (Å²) >= 11 is 0. The lowest BCUT2D eigenvalue weighted by Crippen LogP contribution is -2.34. The topological polar surface area (TPSA) is 3.24 Å². The molecule has 0 saturated heterocycles. The number of nitrogens with zero attached hydrogens (tertiary/aromatic N) is 1. The van der Waals surface area contributed by atoms with Crippen LogP contribution in [-0.4, -0.2) is 24.0 Å². The smallest absolute Gasteiger partial charge is 0.0252 e. The van der Waals surface area contributed by atoms with Crippen molar-refractivity contribution in [1.82, 2.24) is 4.90 Å². The summed E-state index contributed by atoms with van der Waals surface area (Å²) in [5, 5.41) is 0. The summed E-state index contributed by atoms with van der Waals surface area (Å²) in [6, 6.07) is 1.11. The highest BCUT2D eigenvalue weighted by Crippen LogP contribution is 2.41. The van der Waals surface area contributed by atoms with Crippen LogP contribution in [0.1, 0.15) is 60.8 Å². The van der Waals surface area contributed by atoms with Gasteiger partial charge >= 0.3 is 0 Å². The van der Waals surface area contributed by atoms with E-state index in [1.54, 1.807) is 5.57 Å². The van der Waals surface area contributed by atoms with Gasteiger partial charge in [0.25, 0.3) is 0 Å². The van der Waals surface area contributed by atoms with Gasteiger partial charge in [0.15, 0.2) is 0 Å². The van der Waals surface area contributed by atoms with Crippen molar-refractivity contribution in [3.63, 3.8) is 0 Å². The van der Waals surface area contributed by atoms with Crippen molar-refractivity contribution >= 4 is 0 Å². The van der Waals surface area contributed by atoms with Crippen LogP contribution in [0.3, 0.4) is 0 Å². The van der Waals surface area contributed by atoms with Crippen LogP contribution in [0, 0.1) is 11.8 Å². The molecule has 1 aliphatic carbocycles. The molecule has 0 radical (unpaired) electrons. The molecule has 3 unspecified atom stereocenters. The largest absolute Gasteiger partial charge is 0.298 e. The Labute approximate surface area is 132 Å². The Hall–Kier alpha value is -0.820. The summed E-state index contributed by atoms with van der Waals surface area (Å²) < 4.78 is 0. The lowest BCUT2D eigenvalue weighted by atomic mass is 9.86. The lowest BCUT2D eigenvalue weighted by Gasteiger charge is -2.28. The molecule has 0 aromatic heterocycles. The first-order chi connectivity index (χ1) is 9.73. The van der Waals surface area contributed by atoms with Crippen LogP contribution in [0.25, 0.3) is 0 Å². The van der Waals surface area contributed by atoms with E-state index in [2.05, 4.69) is 72.2 Å². The highest BCUT2D eigenvalue weighted by molar-refractivity contribution is 5.27. The van der Waals surface area contributed by atoms with Crippen molar-refractivity contribution in [2.75, 3.05) is 7.05 Å². The van der Waals surface area contributed by atoms with Crippen LogP contribution in [0.5, 0.6) is 0 Å². The Morgan fingerprint density at radius 1 is 1.33 bits per heavy atom. The summed E-state index contributed by atoms with van der Waals surface area (Å²) in [7, 11) is 2.23. The van der Waals surface area contributed by atoms with Gasteiger partial charge in [-0.05, 0) is 66.8 Å². The molecular weight excluding hydrogens is 254 g/mol. The van der Waals surface area contributed by atoms with Crippen molar-refractivity contribution in [1.29, 1.82) is 0 Å². The van der Waals surface area contributed by atoms with Gasteiger partial charge in [-0.1, -0.05) is 42.4 Å². The molecule has 1 rings (SSSR count). The molecule has 0 amide bonds. The molecule has 3 atom stereocenters. The van der Waals surface area contributed by atoms with E-state index in [1.807, 2.05) is 0 Å². The summed E-state index contributed by atoms with van der Waals surface area (Å²) in [5.41, 5.74) is 4.44. The Morgan fingerprint density at radius 3 is 2.48 bits per heavy atom. The lowest BCUT2D eigenvalue weighted by molar-refractivity contribution is 0.240. The van der Waals surface area contributed by atoms with Crippen LogP contribution in [0.2, 0.25) is 0 Å². The molecule has 120 valence electrons. The van der Waals surface area contributed by atoms with Crippen molar-refractivity contribution in [3.05, 3.63) is 35.5 Å². The van der Waals surface area contributed by atoms with Crippen molar-refractivity contribution in [3.8, 4) is 0 Å². The molecular formula is C20H35N. The molecule has 0 spiro atoms. The molecule has 0 heterocycles. The molecule has 1 fully saturated rings. The molecule has 1 heteroatoms. The van der Waals surface area contributed by atoms with Gasteiger partial charge in [0.2, 0.25) is 0 Å². The predicted octanol–water partition coefficient (Wildman–Crippen LogP) is 5.60. The SMILES string of the molecule is C=C(C)C/C=C(\C)C1/C(=C\C(C)N(C)C(C)C)CCC1C. The van der Waals surface area contributed by atoms with Crippen LogP contribution < -0.4 is 0 Å². The fourth-order valence-electron chi connectivity index (χ4n) is 3.37. The molecule has 1 aliphatic rings. The Kier molecular flexibility index (Phi) is 6.93. The average Bonchev–Trinajstić information content (AvgIpc) is 2.75. The number of allylic oxidation sites excluding steroid dienone is 4. The molecule has 0 N–H and O–H groups in total. The van der Waals surface area contributed by atoms with Gasteiger partial charge in [0.1, 0.15) is 0 Å². The summed E-state index contributed by atoms with van der Waals surface area (Å²) in [4.78, 5) is 2.44. The summed E-state index contributed by atoms with van der Waals surface area (Å²) in [6.45, 7) is 17.7. The third-order valence-corrected chi connectivity index (χ3v) is 5.03. The number of hydrogen-bond donors (Lipinski definition) is 0. The maximum Gasteiger partial charge on any atom is 0.0252 e. The van der Waals surface area contributed by atoms with E-state index in [1.165, 1.54) is 24.0 Å². The van der Waals surface area contributed by atoms with Gasteiger partial charge in [-0.25, -0.2) is 0 Å². The van der Waals surface area contributed by atoms with Gasteiger partial charge in [-0.15, -0.1) is 0 Å². The fourth-order valence-corrected chi connectivity index (χ4v) is 3.37. The zero-order valence-electron chi connectivity index (χ0n) is 15.2. The van der Waals surface area contributed by atoms with E-state index in [0.717, 1.165) is 12.3 Å². The maximum absolute atomic E-state index is 4.02. The van der Waals surface area contributed by atoms with Gasteiger partial charge in [0.05, 0.1) is 0 Å². The minimum Gasteiger partial charge on any atom is -0.298 e. The van der Waals surface area contributed by atoms with E-state index < -0.39 is 0 Å². The van der Waals surface area contributed by atoms with E-state index >= 15 is 0 Å². The molecule has 0 aliphatic heterocycles. The summed E-state index contributed by atoms with van der Waals surface area (Å²) in [5.74, 6) is 1.42. The highest BCUT2D eigenvalue weighted by Gasteiger charge is 2.29. The van der Waals surface area contributed by atoms with Crippen LogP contribution >= 0.6 is 0 Å². The van der Waals surface area contributed by atoms with Gasteiger partial charge in [-0.3, -0.25) is 4.90 Å². The first-order valence-corrected chi connectivity index (χ1v) is 8.47. The minimum absolute atomic E-state index is 0.516. The minimum atomic E-state index is 0.516. The molecule has 21 heavy (non-hydrogen) atoms. The monoisotopic (exact) mass is 289 g/mol. The van der Waals surface area contributed by atoms with Crippen molar-refractivity contribution < 1.29 is 0 Å². The fraction of sp³-hybridized carbons (Fsp3) is 0.700. The second kappa shape index (κ2) is 7.98. The maximum atomic E-state index is 4.02. The van der Waals surface area contributed by atoms with Gasteiger partial charge in [-0.2, -0.15) is 0 Å². The number of likely N-dealkylation sites (N-methyl/N-ethyl adjacent to an activating group) is 1. The number of rotatable bonds is 6. The van der Waals surface area contributed by atoms with Gasteiger partial charge in [0, 0.05) is 18.0 Å². The Balaban J connectivity index is 2.90. The Morgan fingerprint density at radius 2 is 1.95 bits per heavy atom. The second-order valence-electron chi connectivity index (χ2n) is 7.34. The van der Waals surface area contributed by atoms with Crippen LogP contribution in [0.15, 0.2) is 35.5 Å². The average molecular weight is 290 g/mol. The Bertz CT molecular complexity index is 414. The quantitative estimate of drug-likeness (QED) is 0.575. The molecule has 1 nitrogen and oxygen atoms in total. The van der Waals surface area contributed by atoms with E-state index in [-0.39, 0.29) is 0 Å². The standard InChI is InChI=1S/C20H35N/c1-14(2)9-10-16(5)20-17(6)11-12-19(20)13-18(7)21(8)15(3)4/h10,13,15,17-18,20H,1,9,11-12H2,2-8H3/b16-10+,19-13-. The highest BCUT2D eigenvalue weighted by atomic mass is 15.1. The van der Waals surface area contributed by atoms with Crippen molar-refractivity contribution in [2.24, 2.45) is 11.8 Å². The third kappa shape index (κ3) is 5.14. The molecule has 1 saturated carbocycles. The third-order valence-electron chi connectivity index (χ3n) is 5.03. The van der Waals surface area contributed by atoms with Crippen molar-refractivity contribution in [2.45, 2.75) is 72.9 Å². The van der Waals surface area contributed by atoms with Gasteiger partial charge < -0.3 is 0 Å². The molecule has 0 aromatic carbocycles. The van der Waals surface area contributed by atoms with E-state index in [9.17, 15) is 0 Å². The summed E-state index contributed by atoms with van der Waals surface area (Å²) in [6.07, 6.45) is 8.52. The predicted molar refractivity (Wildman–Crippen MR) is 95.5 cm³/mol. The second-order valence-corrected chi connectivity index (χ2v) is 7.34. The normalized spacial score (nSPS) is 26.9. The molecule has 0 aromatic rings. The number of hydrogen-bond acceptors (Lipinski definition) is 1. The first kappa shape index (κ1) is 18.2.